The summed E-state index contributed by atoms with van der Waals surface area (Å²) < 4.78 is 30.5. The highest BCUT2D eigenvalue weighted by Crippen LogP contribution is 2.32. The molecule has 0 aliphatic heterocycles. The maximum atomic E-state index is 12.9. The van der Waals surface area contributed by atoms with Crippen LogP contribution in [0.5, 0.6) is 0 Å². The number of nitrogens with zero attached hydrogens (tertiary/aromatic N) is 1. The molecule has 1 aromatic rings. The Bertz CT molecular complexity index is 429. The molecule has 3 nitrogen and oxygen atoms in total. The Hall–Kier alpha value is -0.750. The van der Waals surface area contributed by atoms with E-state index in [1.807, 2.05) is 0 Å². The molecular weight excluding hydrogens is 319 g/mol. The number of pyridine rings is 1. The van der Waals surface area contributed by atoms with Crippen molar-refractivity contribution in [1.82, 2.24) is 4.98 Å². The number of carbonyl (C=O) groups excluding carboxylic acids is 1. The molecule has 0 aliphatic rings. The predicted octanol–water partition coefficient (Wildman–Crippen LogP) is 3.74. The lowest BCUT2D eigenvalue weighted by Gasteiger charge is -2.12. The fraction of sp³-hybridized carbons (Fsp3) is 0.400. The topological polar surface area (TPSA) is 39.2 Å². The van der Waals surface area contributed by atoms with Crippen LogP contribution in [0.25, 0.3) is 0 Å². The smallest absolute Gasteiger partial charge is 0.340 e. The summed E-state index contributed by atoms with van der Waals surface area (Å²) in [5, 5.41) is -0.0781. The van der Waals surface area contributed by atoms with Crippen molar-refractivity contribution in [2.45, 2.75) is 18.7 Å². The lowest BCUT2D eigenvalue weighted by atomic mass is 10.1. The van der Waals surface area contributed by atoms with E-state index in [0.717, 1.165) is 6.20 Å². The molecule has 0 aromatic carbocycles. The van der Waals surface area contributed by atoms with Gasteiger partial charge in [0.2, 0.25) is 0 Å². The van der Waals surface area contributed by atoms with Crippen LogP contribution in [0, 0.1) is 0 Å². The van der Waals surface area contributed by atoms with E-state index in [1.165, 1.54) is 0 Å². The average molecular weight is 329 g/mol. The summed E-state index contributed by atoms with van der Waals surface area (Å²) in [6.07, 6.45) is -1.76. The van der Waals surface area contributed by atoms with Crippen molar-refractivity contribution in [2.24, 2.45) is 0 Å². The quantitative estimate of drug-likeness (QED) is 0.624. The third-order valence-corrected chi connectivity index (χ3v) is 2.81. The molecule has 94 valence electrons. The Morgan fingerprint density at radius 3 is 2.76 bits per heavy atom. The van der Waals surface area contributed by atoms with Crippen LogP contribution in [0.1, 0.15) is 35.0 Å². The van der Waals surface area contributed by atoms with Crippen LogP contribution in [0.15, 0.2) is 6.20 Å². The van der Waals surface area contributed by atoms with Gasteiger partial charge in [0.25, 0.3) is 6.43 Å². The number of ether oxygens (including phenoxy) is 1. The number of alkyl halides is 3. The second-order valence-electron chi connectivity index (χ2n) is 3.00. The summed E-state index contributed by atoms with van der Waals surface area (Å²) in [4.78, 5) is 15.5. The van der Waals surface area contributed by atoms with Gasteiger partial charge >= 0.3 is 5.97 Å². The van der Waals surface area contributed by atoms with E-state index in [9.17, 15) is 13.6 Å². The van der Waals surface area contributed by atoms with Crippen LogP contribution in [-0.4, -0.2) is 17.6 Å². The van der Waals surface area contributed by atoms with Gasteiger partial charge in [-0.3, -0.25) is 4.98 Å². The van der Waals surface area contributed by atoms with Gasteiger partial charge in [-0.2, -0.15) is 0 Å². The van der Waals surface area contributed by atoms with E-state index in [1.54, 1.807) is 6.92 Å². The lowest BCUT2D eigenvalue weighted by Crippen LogP contribution is -2.13. The van der Waals surface area contributed by atoms with Gasteiger partial charge in [-0.15, -0.1) is 0 Å². The second-order valence-corrected chi connectivity index (χ2v) is 3.96. The molecular formula is C10H9BrClF2NO2. The van der Waals surface area contributed by atoms with Gasteiger partial charge in [-0.1, -0.05) is 27.5 Å². The highest BCUT2D eigenvalue weighted by atomic mass is 79.9. The molecule has 0 radical (unpaired) electrons. The SMILES string of the molecule is CCOC(=O)c1c(CBr)ncc(Cl)c1C(F)F. The van der Waals surface area contributed by atoms with Crippen LogP contribution in [0.2, 0.25) is 5.02 Å². The first-order valence-electron chi connectivity index (χ1n) is 4.71. The summed E-state index contributed by atoms with van der Waals surface area (Å²) in [6, 6.07) is 0. The predicted molar refractivity (Wildman–Crippen MR) is 62.8 cm³/mol. The minimum Gasteiger partial charge on any atom is -0.462 e. The second kappa shape index (κ2) is 6.26. The van der Waals surface area contributed by atoms with E-state index < -0.39 is 18.0 Å². The summed E-state index contributed by atoms with van der Waals surface area (Å²) in [7, 11) is 0. The average Bonchev–Trinajstić information content (AvgIpc) is 2.28. The number of hydrogen-bond donors (Lipinski definition) is 0. The number of halogens is 4. The molecule has 0 atom stereocenters. The molecule has 0 fully saturated rings. The zero-order valence-corrected chi connectivity index (χ0v) is 11.2. The molecule has 0 N–H and O–H groups in total. The summed E-state index contributed by atoms with van der Waals surface area (Å²) >= 11 is 8.71. The standard InChI is InChI=1S/C10H9BrClF2NO2/c1-2-17-10(16)8-6(3-11)15-4-5(12)7(8)9(13)14/h4,9H,2-3H2,1H3. The van der Waals surface area contributed by atoms with Crippen LogP contribution < -0.4 is 0 Å². The number of aromatic nitrogens is 1. The molecule has 0 aliphatic carbocycles. The van der Waals surface area contributed by atoms with E-state index in [-0.39, 0.29) is 28.2 Å². The van der Waals surface area contributed by atoms with Gasteiger partial charge in [0.15, 0.2) is 0 Å². The van der Waals surface area contributed by atoms with Crippen LogP contribution in [-0.2, 0) is 10.1 Å². The van der Waals surface area contributed by atoms with Gasteiger partial charge in [0, 0.05) is 11.5 Å². The largest absolute Gasteiger partial charge is 0.462 e. The van der Waals surface area contributed by atoms with Crippen molar-refractivity contribution in [3.05, 3.63) is 28.0 Å². The Balaban J connectivity index is 3.40. The van der Waals surface area contributed by atoms with Crippen molar-refractivity contribution in [3.8, 4) is 0 Å². The molecule has 0 saturated heterocycles. The van der Waals surface area contributed by atoms with Crippen LogP contribution in [0.4, 0.5) is 8.78 Å². The van der Waals surface area contributed by atoms with E-state index in [4.69, 9.17) is 16.3 Å². The molecule has 1 rings (SSSR count). The van der Waals surface area contributed by atoms with E-state index >= 15 is 0 Å². The fourth-order valence-electron chi connectivity index (χ4n) is 1.29. The minimum atomic E-state index is -2.86. The molecule has 0 amide bonds. The summed E-state index contributed by atoms with van der Waals surface area (Å²) in [5.41, 5.74) is -0.607. The minimum absolute atomic E-state index is 0.0930. The van der Waals surface area contributed by atoms with Crippen molar-refractivity contribution >= 4 is 33.5 Å². The van der Waals surface area contributed by atoms with Gasteiger partial charge in [0.1, 0.15) is 0 Å². The zero-order chi connectivity index (χ0) is 13.0. The Kier molecular flexibility index (Phi) is 5.27. The number of rotatable bonds is 4. The van der Waals surface area contributed by atoms with E-state index in [0.29, 0.717) is 0 Å². The molecule has 17 heavy (non-hydrogen) atoms. The molecule has 0 spiro atoms. The third-order valence-electron chi connectivity index (χ3n) is 1.97. The molecule has 0 unspecified atom stereocenters. The Morgan fingerprint density at radius 2 is 2.29 bits per heavy atom. The third kappa shape index (κ3) is 3.13. The summed E-state index contributed by atoms with van der Waals surface area (Å²) in [5.74, 6) is -0.841. The highest BCUT2D eigenvalue weighted by molar-refractivity contribution is 9.08. The first-order valence-corrected chi connectivity index (χ1v) is 6.21. The van der Waals surface area contributed by atoms with Crippen molar-refractivity contribution in [3.63, 3.8) is 0 Å². The van der Waals surface area contributed by atoms with Crippen molar-refractivity contribution < 1.29 is 18.3 Å². The Morgan fingerprint density at radius 1 is 1.65 bits per heavy atom. The zero-order valence-electron chi connectivity index (χ0n) is 8.84. The molecule has 1 aromatic heterocycles. The lowest BCUT2D eigenvalue weighted by molar-refractivity contribution is 0.0513. The highest BCUT2D eigenvalue weighted by Gasteiger charge is 2.26. The Labute approximate surface area is 110 Å². The number of carbonyl (C=O) groups is 1. The maximum absolute atomic E-state index is 12.9. The van der Waals surface area contributed by atoms with Gasteiger partial charge < -0.3 is 4.74 Å². The van der Waals surface area contributed by atoms with Crippen LogP contribution >= 0.6 is 27.5 Å². The maximum Gasteiger partial charge on any atom is 0.340 e. The first kappa shape index (κ1) is 14.3. The van der Waals surface area contributed by atoms with Gasteiger partial charge in [-0.05, 0) is 6.92 Å². The fourth-order valence-corrected chi connectivity index (χ4v) is 1.94. The summed E-state index contributed by atoms with van der Waals surface area (Å²) in [6.45, 7) is 1.68. The molecule has 0 saturated carbocycles. The van der Waals surface area contributed by atoms with Gasteiger partial charge in [-0.25, -0.2) is 13.6 Å². The first-order chi connectivity index (χ1) is 8.02. The van der Waals surface area contributed by atoms with Crippen molar-refractivity contribution in [2.75, 3.05) is 6.61 Å². The number of hydrogen-bond acceptors (Lipinski definition) is 3. The monoisotopic (exact) mass is 327 g/mol. The van der Waals surface area contributed by atoms with E-state index in [2.05, 4.69) is 20.9 Å². The van der Waals surface area contributed by atoms with Crippen molar-refractivity contribution in [1.29, 1.82) is 0 Å². The van der Waals surface area contributed by atoms with Gasteiger partial charge in [0.05, 0.1) is 28.5 Å². The molecule has 1 heterocycles. The number of esters is 1. The normalized spacial score (nSPS) is 10.7. The van der Waals surface area contributed by atoms with Crippen LogP contribution in [0.3, 0.4) is 0 Å². The molecule has 0 bridgehead atoms. The molecule has 7 heteroatoms.